The molecule has 0 bridgehead atoms. The lowest BCUT2D eigenvalue weighted by Gasteiger charge is -2.48. The smallest absolute Gasteiger partial charge is 0.323 e. The van der Waals surface area contributed by atoms with Crippen LogP contribution in [-0.2, 0) is 10.2 Å². The largest absolute Gasteiger partial charge is 0.480 e. The number of fused-ring (bicyclic) bond motifs is 4. The van der Waals surface area contributed by atoms with E-state index < -0.39 is 5.97 Å². The normalized spacial score (nSPS) is 22.5. The van der Waals surface area contributed by atoms with Crippen LogP contribution in [0, 0.1) is 0 Å². The maximum atomic E-state index is 11.8. The minimum atomic E-state index is -0.783. The topological polar surface area (TPSA) is 43.5 Å². The molecule has 0 spiro atoms. The predicted octanol–water partition coefficient (Wildman–Crippen LogP) is 5.04. The molecule has 4 heteroatoms. The fourth-order valence-corrected chi connectivity index (χ4v) is 7.33. The molecule has 190 valence electrons. The summed E-state index contributed by atoms with van der Waals surface area (Å²) < 4.78 is 2.51. The van der Waals surface area contributed by atoms with Crippen LogP contribution in [0.3, 0.4) is 0 Å². The number of carbonyl (C=O) groups is 1. The molecule has 0 radical (unpaired) electrons. The van der Waals surface area contributed by atoms with Gasteiger partial charge in [0.1, 0.15) is 13.1 Å². The summed E-state index contributed by atoms with van der Waals surface area (Å²) in [6.45, 7) is 21.3. The molecule has 0 fully saturated rings. The van der Waals surface area contributed by atoms with Crippen molar-refractivity contribution in [1.29, 1.82) is 0 Å². The number of hydrogen-bond acceptors (Lipinski definition) is 2. The van der Waals surface area contributed by atoms with Gasteiger partial charge in [0.2, 0.25) is 5.36 Å². The Hall–Kier alpha value is -2.88. The van der Waals surface area contributed by atoms with Crippen LogP contribution in [0.1, 0.15) is 102 Å². The minimum Gasteiger partial charge on any atom is -0.480 e. The first-order valence-corrected chi connectivity index (χ1v) is 13.4. The molecule has 2 aromatic rings. The monoisotopic (exact) mass is 485 g/mol. The van der Waals surface area contributed by atoms with Crippen molar-refractivity contribution >= 4 is 23.3 Å². The molecular formula is C32H41N2O2+. The van der Waals surface area contributed by atoms with Gasteiger partial charge in [-0.25, -0.2) is 4.58 Å². The zero-order valence-corrected chi connectivity index (χ0v) is 23.4. The Balaban J connectivity index is 1.80. The standard InChI is InChI=1S/C32H40N2O2/c1-10-33-27-14-25-21(12-23(27)19(2)16-30(33,4)5)11-22-13-24-20(3)17-31(6,7)34(18-29(35)36)28(24)15-26(22)32(25,8)9/h11-16,20H,10,17-18H2,1-9H3/p+1. The predicted molar refractivity (Wildman–Crippen MR) is 149 cm³/mol. The summed E-state index contributed by atoms with van der Waals surface area (Å²) in [6.07, 6.45) is 5.68. The van der Waals surface area contributed by atoms with Crippen LogP contribution in [0.15, 0.2) is 30.3 Å². The number of nitrogens with zero attached hydrogens (tertiary/aromatic N) is 2. The Bertz CT molecular complexity index is 1460. The molecule has 1 atom stereocenters. The molecule has 1 unspecified atom stereocenters. The van der Waals surface area contributed by atoms with Crippen molar-refractivity contribution in [3.63, 3.8) is 0 Å². The van der Waals surface area contributed by atoms with E-state index in [-0.39, 0.29) is 23.0 Å². The first-order chi connectivity index (χ1) is 16.7. The van der Waals surface area contributed by atoms with E-state index in [0.29, 0.717) is 5.92 Å². The number of aliphatic carboxylic acids is 1. The highest BCUT2D eigenvalue weighted by Crippen LogP contribution is 2.47. The first kappa shape index (κ1) is 24.8. The molecule has 3 aliphatic rings. The molecule has 0 aromatic heterocycles. The fourth-order valence-electron chi connectivity index (χ4n) is 7.33. The first-order valence-electron chi connectivity index (χ1n) is 13.4. The minimum absolute atomic E-state index is 0.0197. The van der Waals surface area contributed by atoms with E-state index in [4.69, 9.17) is 0 Å². The molecular weight excluding hydrogens is 444 g/mol. The lowest BCUT2D eigenvalue weighted by molar-refractivity contribution is -0.135. The number of likely N-dealkylation sites (N-methyl/N-ethyl adjacent to an activating group) is 1. The highest BCUT2D eigenvalue weighted by molar-refractivity contribution is 5.79. The van der Waals surface area contributed by atoms with Gasteiger partial charge in [0, 0.05) is 42.1 Å². The van der Waals surface area contributed by atoms with Crippen molar-refractivity contribution in [2.24, 2.45) is 0 Å². The maximum absolute atomic E-state index is 11.8. The fraction of sp³-hybridized carbons (Fsp3) is 0.500. The van der Waals surface area contributed by atoms with Crippen LogP contribution in [0.5, 0.6) is 0 Å². The summed E-state index contributed by atoms with van der Waals surface area (Å²) in [4.78, 5) is 14.0. The Morgan fingerprint density at radius 2 is 1.78 bits per heavy atom. The van der Waals surface area contributed by atoms with Gasteiger partial charge in [0.15, 0.2) is 5.54 Å². The van der Waals surface area contributed by atoms with Crippen LogP contribution in [0.4, 0.5) is 5.69 Å². The number of allylic oxidation sites excluding steroid dienone is 1. The van der Waals surface area contributed by atoms with Gasteiger partial charge in [-0.1, -0.05) is 20.8 Å². The SMILES string of the molecule is CC[N+]1=c2cc3c(cc2C(C)=CC1(C)C)=Cc1cc2c(cc1C3(C)C)N(CC(=O)O)C(C)(C)CC2C. The zero-order valence-electron chi connectivity index (χ0n) is 23.4. The van der Waals surface area contributed by atoms with E-state index in [9.17, 15) is 9.90 Å². The van der Waals surface area contributed by atoms with E-state index in [1.165, 1.54) is 44.0 Å². The van der Waals surface area contributed by atoms with Crippen LogP contribution in [0.2, 0.25) is 0 Å². The average Bonchev–Trinajstić information content (AvgIpc) is 2.75. The van der Waals surface area contributed by atoms with E-state index in [0.717, 1.165) is 18.7 Å². The number of carboxylic acid groups (broad SMARTS) is 1. The summed E-state index contributed by atoms with van der Waals surface area (Å²) >= 11 is 0. The van der Waals surface area contributed by atoms with E-state index in [2.05, 4.69) is 108 Å². The Labute approximate surface area is 215 Å². The van der Waals surface area contributed by atoms with Crippen molar-refractivity contribution in [3.8, 4) is 0 Å². The summed E-state index contributed by atoms with van der Waals surface area (Å²) in [5.74, 6) is -0.410. The van der Waals surface area contributed by atoms with Crippen LogP contribution in [0.25, 0.3) is 11.6 Å². The van der Waals surface area contributed by atoms with Gasteiger partial charge in [0.25, 0.3) is 0 Å². The Morgan fingerprint density at radius 3 is 2.42 bits per heavy atom. The van der Waals surface area contributed by atoms with Crippen LogP contribution in [-0.4, -0.2) is 35.2 Å². The summed E-state index contributed by atoms with van der Waals surface area (Å²) in [6, 6.07) is 9.46. The Kier molecular flexibility index (Phi) is 5.38. The third-order valence-corrected chi connectivity index (χ3v) is 8.97. The third-order valence-electron chi connectivity index (χ3n) is 8.97. The molecule has 2 heterocycles. The van der Waals surface area contributed by atoms with E-state index in [1.807, 2.05) is 0 Å². The van der Waals surface area contributed by atoms with Crippen molar-refractivity contribution in [2.45, 2.75) is 91.1 Å². The van der Waals surface area contributed by atoms with Gasteiger partial charge >= 0.3 is 5.97 Å². The molecule has 0 saturated heterocycles. The highest BCUT2D eigenvalue weighted by atomic mass is 16.4. The van der Waals surface area contributed by atoms with Gasteiger partial charge in [-0.3, -0.25) is 4.79 Å². The van der Waals surface area contributed by atoms with Gasteiger partial charge < -0.3 is 10.0 Å². The number of benzene rings is 2. The molecule has 2 aromatic carbocycles. The van der Waals surface area contributed by atoms with Crippen LogP contribution < -0.4 is 20.1 Å². The van der Waals surface area contributed by atoms with Gasteiger partial charge in [-0.05, 0) is 103 Å². The molecule has 4 nitrogen and oxygen atoms in total. The summed E-state index contributed by atoms with van der Waals surface area (Å²) in [7, 11) is 0. The lowest BCUT2D eigenvalue weighted by Crippen LogP contribution is -2.51. The molecule has 1 N–H and O–H groups in total. The average molecular weight is 486 g/mol. The third kappa shape index (κ3) is 3.55. The highest BCUT2D eigenvalue weighted by Gasteiger charge is 2.41. The Morgan fingerprint density at radius 1 is 1.08 bits per heavy atom. The number of rotatable bonds is 3. The summed E-state index contributed by atoms with van der Waals surface area (Å²) in [5.41, 5.74) is 8.44. The second-order valence-electron chi connectivity index (χ2n) is 12.8. The van der Waals surface area contributed by atoms with Crippen molar-refractivity contribution in [2.75, 3.05) is 18.0 Å². The second-order valence-corrected chi connectivity index (χ2v) is 12.8. The molecule has 1 aliphatic carbocycles. The van der Waals surface area contributed by atoms with E-state index in [1.54, 1.807) is 0 Å². The quantitative estimate of drug-likeness (QED) is 0.620. The molecule has 36 heavy (non-hydrogen) atoms. The van der Waals surface area contributed by atoms with Gasteiger partial charge in [-0.15, -0.1) is 0 Å². The van der Waals surface area contributed by atoms with Crippen LogP contribution >= 0.6 is 0 Å². The van der Waals surface area contributed by atoms with Crippen molar-refractivity contribution in [3.05, 3.63) is 68.7 Å². The number of hydrogen-bond donors (Lipinski definition) is 1. The van der Waals surface area contributed by atoms with Crippen molar-refractivity contribution in [1.82, 2.24) is 4.58 Å². The number of anilines is 1. The van der Waals surface area contributed by atoms with E-state index >= 15 is 0 Å². The molecule has 2 aliphatic heterocycles. The maximum Gasteiger partial charge on any atom is 0.323 e. The molecule has 0 saturated carbocycles. The van der Waals surface area contributed by atoms with Gasteiger partial charge in [0.05, 0.1) is 0 Å². The number of carboxylic acids is 1. The second kappa shape index (κ2) is 7.81. The molecule has 0 amide bonds. The zero-order chi connectivity index (χ0) is 26.4. The van der Waals surface area contributed by atoms with Gasteiger partial charge in [-0.2, -0.15) is 0 Å². The summed E-state index contributed by atoms with van der Waals surface area (Å²) in [5, 5.41) is 12.3. The molecule has 5 rings (SSSR count). The van der Waals surface area contributed by atoms with Crippen molar-refractivity contribution < 1.29 is 9.90 Å². The lowest BCUT2D eigenvalue weighted by atomic mass is 9.69.